The molecule has 4 rings (SSSR count). The van der Waals surface area contributed by atoms with Gasteiger partial charge in [-0.2, -0.15) is 0 Å². The van der Waals surface area contributed by atoms with Crippen molar-refractivity contribution in [3.8, 4) is 0 Å². The second-order valence-electron chi connectivity index (χ2n) is 7.24. The van der Waals surface area contributed by atoms with Gasteiger partial charge in [-0.1, -0.05) is 84.9 Å². The van der Waals surface area contributed by atoms with Crippen LogP contribution in [0, 0.1) is 0 Å². The molecule has 0 aliphatic rings. The van der Waals surface area contributed by atoms with E-state index in [0.29, 0.717) is 0 Å². The third-order valence-corrected chi connectivity index (χ3v) is 9.87. The highest BCUT2D eigenvalue weighted by atomic mass is 31.2. The average Bonchev–Trinajstić information content (AvgIpc) is 2.81. The molecule has 4 aromatic rings. The highest BCUT2D eigenvalue weighted by Gasteiger charge is 2.53. The molecule has 3 heteroatoms. The van der Waals surface area contributed by atoms with E-state index in [-0.39, 0.29) is 11.7 Å². The lowest BCUT2D eigenvalue weighted by Crippen LogP contribution is -2.41. The van der Waals surface area contributed by atoms with E-state index < -0.39 is 7.26 Å². The third kappa shape index (κ3) is 3.79. The van der Waals surface area contributed by atoms with E-state index in [0.717, 1.165) is 5.56 Å². The number of carbonyl (C=O) groups excluding carboxylic acids is 1. The van der Waals surface area contributed by atoms with Crippen molar-refractivity contribution in [2.75, 3.05) is 0 Å². The van der Waals surface area contributed by atoms with E-state index in [1.165, 1.54) is 15.9 Å². The zero-order chi connectivity index (χ0) is 20.8. The second-order valence-corrected chi connectivity index (χ2v) is 10.8. The van der Waals surface area contributed by atoms with Gasteiger partial charge in [-0.3, -0.25) is 4.79 Å². The first-order valence-electron chi connectivity index (χ1n) is 10.1. The fourth-order valence-electron chi connectivity index (χ4n) is 4.12. The van der Waals surface area contributed by atoms with Gasteiger partial charge in [0.25, 0.3) is 0 Å². The Morgan fingerprint density at radius 3 is 1.27 bits per heavy atom. The third-order valence-electron chi connectivity index (χ3n) is 5.33. The van der Waals surface area contributed by atoms with E-state index in [4.69, 9.17) is 0 Å². The van der Waals surface area contributed by atoms with Crippen LogP contribution in [0.2, 0.25) is 0 Å². The van der Waals surface area contributed by atoms with Gasteiger partial charge in [0.1, 0.15) is 23.2 Å². The molecule has 0 spiro atoms. The summed E-state index contributed by atoms with van der Waals surface area (Å²) in [7, 11) is -2.27. The van der Waals surface area contributed by atoms with Crippen molar-refractivity contribution in [2.45, 2.75) is 12.7 Å². The standard InChI is InChI=1S/C27H24NOP/c1-22(29)28-27(23-14-6-2-7-15-23)30(24-16-8-3-9-17-24,25-18-10-4-11-19-25)26-20-12-5-13-21-26/h2-21,27H,1H3/p+1/t27-/m0/s1. The van der Waals surface area contributed by atoms with Gasteiger partial charge in [0.2, 0.25) is 5.91 Å². The summed E-state index contributed by atoms with van der Waals surface area (Å²) < 4.78 is 0. The summed E-state index contributed by atoms with van der Waals surface area (Å²) in [4.78, 5) is 12.5. The Hall–Kier alpha value is -3.22. The van der Waals surface area contributed by atoms with Crippen LogP contribution in [0.4, 0.5) is 0 Å². The van der Waals surface area contributed by atoms with Crippen LogP contribution in [-0.4, -0.2) is 5.91 Å². The lowest BCUT2D eigenvalue weighted by molar-refractivity contribution is -0.119. The van der Waals surface area contributed by atoms with Crippen LogP contribution in [-0.2, 0) is 4.79 Å². The Bertz CT molecular complexity index is 986. The van der Waals surface area contributed by atoms with Crippen LogP contribution in [0.3, 0.4) is 0 Å². The molecule has 148 valence electrons. The molecule has 0 fully saturated rings. The molecular formula is C27H25NOP+. The lowest BCUT2D eigenvalue weighted by Gasteiger charge is -2.35. The normalized spacial score (nSPS) is 12.2. The molecule has 1 amide bonds. The van der Waals surface area contributed by atoms with Gasteiger partial charge in [-0.25, -0.2) is 0 Å². The summed E-state index contributed by atoms with van der Waals surface area (Å²) in [5.74, 6) is -0.209. The average molecular weight is 410 g/mol. The van der Waals surface area contributed by atoms with Crippen molar-refractivity contribution in [1.29, 1.82) is 0 Å². The minimum atomic E-state index is -2.27. The Labute approximate surface area is 178 Å². The van der Waals surface area contributed by atoms with Gasteiger partial charge in [-0.15, -0.1) is 0 Å². The van der Waals surface area contributed by atoms with Gasteiger partial charge < -0.3 is 5.32 Å². The molecule has 0 heterocycles. The van der Waals surface area contributed by atoms with Gasteiger partial charge in [0, 0.05) is 12.5 Å². The monoisotopic (exact) mass is 410 g/mol. The molecular weight excluding hydrogens is 385 g/mol. The molecule has 0 unspecified atom stereocenters. The zero-order valence-corrected chi connectivity index (χ0v) is 17.9. The molecule has 0 bridgehead atoms. The van der Waals surface area contributed by atoms with Crippen LogP contribution in [0.15, 0.2) is 121 Å². The summed E-state index contributed by atoms with van der Waals surface area (Å²) in [6.45, 7) is 1.60. The maximum Gasteiger partial charge on any atom is 0.220 e. The first-order valence-corrected chi connectivity index (χ1v) is 12.0. The first-order chi connectivity index (χ1) is 14.7. The molecule has 0 aliphatic carbocycles. The van der Waals surface area contributed by atoms with Crippen molar-refractivity contribution in [1.82, 2.24) is 5.32 Å². The van der Waals surface area contributed by atoms with Crippen molar-refractivity contribution >= 4 is 29.1 Å². The van der Waals surface area contributed by atoms with Gasteiger partial charge in [0.15, 0.2) is 5.78 Å². The molecule has 2 nitrogen and oxygen atoms in total. The first kappa shape index (κ1) is 20.1. The van der Waals surface area contributed by atoms with Gasteiger partial charge >= 0.3 is 0 Å². The highest BCUT2D eigenvalue weighted by Crippen LogP contribution is 2.65. The van der Waals surface area contributed by atoms with Crippen molar-refractivity contribution < 1.29 is 4.79 Å². The Morgan fingerprint density at radius 1 is 0.600 bits per heavy atom. The van der Waals surface area contributed by atoms with Crippen molar-refractivity contribution in [2.24, 2.45) is 0 Å². The molecule has 0 aromatic heterocycles. The largest absolute Gasteiger partial charge is 0.317 e. The highest BCUT2D eigenvalue weighted by molar-refractivity contribution is 7.96. The maximum absolute atomic E-state index is 12.5. The van der Waals surface area contributed by atoms with E-state index >= 15 is 0 Å². The minimum absolute atomic E-state index is 0.0315. The van der Waals surface area contributed by atoms with Crippen LogP contribution in [0.25, 0.3) is 0 Å². The van der Waals surface area contributed by atoms with E-state index in [2.05, 4.69) is 90.2 Å². The molecule has 0 radical (unpaired) electrons. The van der Waals surface area contributed by atoms with E-state index in [9.17, 15) is 4.79 Å². The SMILES string of the molecule is CC(=O)N[C@H](c1ccccc1)[P+](c1ccccc1)(c1ccccc1)c1ccccc1. The number of hydrogen-bond donors (Lipinski definition) is 1. The summed E-state index contributed by atoms with van der Waals surface area (Å²) in [5, 5.41) is 7.07. The quantitative estimate of drug-likeness (QED) is 0.454. The fraction of sp³-hybridized carbons (Fsp3) is 0.0741. The number of benzene rings is 4. The lowest BCUT2D eigenvalue weighted by atomic mass is 10.2. The van der Waals surface area contributed by atoms with Crippen LogP contribution in [0.1, 0.15) is 18.3 Å². The molecule has 0 saturated heterocycles. The maximum atomic E-state index is 12.5. The van der Waals surface area contributed by atoms with Crippen LogP contribution < -0.4 is 21.2 Å². The topological polar surface area (TPSA) is 29.1 Å². The zero-order valence-electron chi connectivity index (χ0n) is 17.0. The molecule has 1 N–H and O–H groups in total. The van der Waals surface area contributed by atoms with Gasteiger partial charge in [-0.05, 0) is 36.4 Å². The van der Waals surface area contributed by atoms with Crippen LogP contribution >= 0.6 is 7.26 Å². The van der Waals surface area contributed by atoms with Crippen LogP contribution in [0.5, 0.6) is 0 Å². The fourth-order valence-corrected chi connectivity index (χ4v) is 8.83. The summed E-state index contributed by atoms with van der Waals surface area (Å²) in [5.41, 5.74) is 1.11. The molecule has 30 heavy (non-hydrogen) atoms. The second kappa shape index (κ2) is 9.07. The number of rotatable bonds is 6. The molecule has 0 aliphatic heterocycles. The molecule has 1 atom stereocenters. The van der Waals surface area contributed by atoms with Gasteiger partial charge in [0.05, 0.1) is 0 Å². The van der Waals surface area contributed by atoms with E-state index in [1.54, 1.807) is 6.92 Å². The smallest absolute Gasteiger partial charge is 0.220 e. The minimum Gasteiger partial charge on any atom is -0.317 e. The Kier molecular flexibility index (Phi) is 6.07. The summed E-state index contributed by atoms with van der Waals surface area (Å²) in [6.07, 6.45) is 0. The predicted molar refractivity (Wildman–Crippen MR) is 128 cm³/mol. The van der Waals surface area contributed by atoms with Crippen molar-refractivity contribution in [3.63, 3.8) is 0 Å². The van der Waals surface area contributed by atoms with Crippen molar-refractivity contribution in [3.05, 3.63) is 127 Å². The number of nitrogens with one attached hydrogen (secondary N) is 1. The number of hydrogen-bond acceptors (Lipinski definition) is 1. The summed E-state index contributed by atoms with van der Waals surface area (Å²) >= 11 is 0. The summed E-state index contributed by atoms with van der Waals surface area (Å²) in [6, 6.07) is 42.2. The molecule has 0 saturated carbocycles. The number of amides is 1. The Balaban J connectivity index is 2.12. The van der Waals surface area contributed by atoms with E-state index in [1.807, 2.05) is 36.4 Å². The predicted octanol–water partition coefficient (Wildman–Crippen LogP) is 4.82. The Morgan fingerprint density at radius 2 is 0.933 bits per heavy atom. The molecule has 4 aromatic carbocycles. The number of carbonyl (C=O) groups is 1.